The number of aromatic nitrogens is 1. The third-order valence-corrected chi connectivity index (χ3v) is 5.70. The Labute approximate surface area is 189 Å². The highest BCUT2D eigenvalue weighted by atomic mass is 32.1. The summed E-state index contributed by atoms with van der Waals surface area (Å²) in [6, 6.07) is 12.3. The van der Waals surface area contributed by atoms with Crippen molar-refractivity contribution in [2.75, 3.05) is 18.6 Å². The number of thiazole rings is 1. The van der Waals surface area contributed by atoms with Gasteiger partial charge in [-0.2, -0.15) is 5.10 Å². The summed E-state index contributed by atoms with van der Waals surface area (Å²) in [5.41, 5.74) is 8.58. The van der Waals surface area contributed by atoms with Crippen molar-refractivity contribution < 1.29 is 9.47 Å². The Hall–Kier alpha value is -2.86. The average molecular weight is 438 g/mol. The van der Waals surface area contributed by atoms with Crippen molar-refractivity contribution in [3.05, 3.63) is 58.5 Å². The lowest BCUT2D eigenvalue weighted by Gasteiger charge is -2.12. The molecule has 31 heavy (non-hydrogen) atoms. The molecule has 0 spiro atoms. The number of hydrazone groups is 1. The van der Waals surface area contributed by atoms with Crippen molar-refractivity contribution in [2.45, 2.75) is 47.0 Å². The Morgan fingerprint density at radius 3 is 2.65 bits per heavy atom. The second-order valence-electron chi connectivity index (χ2n) is 7.40. The normalized spacial score (nSPS) is 11.1. The summed E-state index contributed by atoms with van der Waals surface area (Å²) < 4.78 is 11.6. The van der Waals surface area contributed by atoms with Crippen molar-refractivity contribution in [1.82, 2.24) is 4.98 Å². The molecule has 0 radical (unpaired) electrons. The topological polar surface area (TPSA) is 55.7 Å². The number of anilines is 1. The van der Waals surface area contributed by atoms with Crippen LogP contribution in [-0.2, 0) is 0 Å². The summed E-state index contributed by atoms with van der Waals surface area (Å²) in [6.45, 7) is 9.68. The Morgan fingerprint density at radius 2 is 1.87 bits per heavy atom. The van der Waals surface area contributed by atoms with Gasteiger partial charge in [0.2, 0.25) is 5.13 Å². The molecule has 6 heteroatoms. The molecule has 0 saturated heterocycles. The van der Waals surface area contributed by atoms with Gasteiger partial charge in [0.15, 0.2) is 11.5 Å². The molecule has 0 atom stereocenters. The molecule has 0 bridgehead atoms. The number of nitrogens with zero attached hydrogens (tertiary/aromatic N) is 2. The van der Waals surface area contributed by atoms with E-state index in [2.05, 4.69) is 54.5 Å². The maximum absolute atomic E-state index is 5.89. The van der Waals surface area contributed by atoms with Gasteiger partial charge in [-0.05, 0) is 68.1 Å². The highest BCUT2D eigenvalue weighted by Crippen LogP contribution is 2.29. The van der Waals surface area contributed by atoms with Crippen LogP contribution < -0.4 is 14.9 Å². The molecule has 0 aliphatic rings. The highest BCUT2D eigenvalue weighted by molar-refractivity contribution is 7.14. The largest absolute Gasteiger partial charge is 0.490 e. The summed E-state index contributed by atoms with van der Waals surface area (Å²) in [5, 5.41) is 7.14. The Balaban J connectivity index is 1.63. The summed E-state index contributed by atoms with van der Waals surface area (Å²) in [5.74, 6) is 1.52. The smallest absolute Gasteiger partial charge is 0.203 e. The third kappa shape index (κ3) is 6.56. The Bertz CT molecular complexity index is 1010. The van der Waals surface area contributed by atoms with E-state index in [4.69, 9.17) is 9.47 Å². The number of hydrogen-bond donors (Lipinski definition) is 1. The average Bonchev–Trinajstić information content (AvgIpc) is 3.23. The van der Waals surface area contributed by atoms with Gasteiger partial charge in [-0.25, -0.2) is 4.98 Å². The molecule has 164 valence electrons. The van der Waals surface area contributed by atoms with Gasteiger partial charge in [0.25, 0.3) is 0 Å². The van der Waals surface area contributed by atoms with Crippen LogP contribution in [-0.4, -0.2) is 24.4 Å². The SMILES string of the molecule is CCCCCOc1ccc(/C=N\Nc2nc(-c3ccc(C)c(C)c3)cs2)cc1OCC. The summed E-state index contributed by atoms with van der Waals surface area (Å²) in [6.07, 6.45) is 5.16. The molecule has 0 fully saturated rings. The van der Waals surface area contributed by atoms with E-state index < -0.39 is 0 Å². The summed E-state index contributed by atoms with van der Waals surface area (Å²) in [4.78, 5) is 4.64. The number of hydrogen-bond acceptors (Lipinski definition) is 6. The zero-order chi connectivity index (χ0) is 22.1. The van der Waals surface area contributed by atoms with E-state index in [1.54, 1.807) is 6.21 Å². The van der Waals surface area contributed by atoms with Gasteiger partial charge in [-0.3, -0.25) is 5.43 Å². The number of benzene rings is 2. The Morgan fingerprint density at radius 1 is 1.00 bits per heavy atom. The molecule has 0 saturated carbocycles. The van der Waals surface area contributed by atoms with E-state index in [0.29, 0.717) is 13.2 Å². The first-order valence-corrected chi connectivity index (χ1v) is 11.7. The third-order valence-electron chi connectivity index (χ3n) is 4.95. The van der Waals surface area contributed by atoms with Crippen molar-refractivity contribution in [1.29, 1.82) is 0 Å². The molecule has 0 amide bonds. The fourth-order valence-electron chi connectivity index (χ4n) is 3.05. The second-order valence-corrected chi connectivity index (χ2v) is 8.26. The first-order valence-electron chi connectivity index (χ1n) is 10.8. The van der Waals surface area contributed by atoms with Crippen LogP contribution in [0.4, 0.5) is 5.13 Å². The molecular formula is C25H31N3O2S. The molecule has 3 aromatic rings. The minimum absolute atomic E-state index is 0.588. The van der Waals surface area contributed by atoms with Crippen LogP contribution in [0.3, 0.4) is 0 Å². The van der Waals surface area contributed by atoms with Gasteiger partial charge in [0.1, 0.15) is 0 Å². The molecule has 0 unspecified atom stereocenters. The number of nitrogens with one attached hydrogen (secondary N) is 1. The lowest BCUT2D eigenvalue weighted by Crippen LogP contribution is -2.01. The van der Waals surface area contributed by atoms with E-state index in [1.807, 2.05) is 30.5 Å². The first kappa shape index (κ1) is 22.8. The minimum atomic E-state index is 0.588. The lowest BCUT2D eigenvalue weighted by molar-refractivity contribution is 0.271. The molecule has 5 nitrogen and oxygen atoms in total. The van der Waals surface area contributed by atoms with Gasteiger partial charge in [0.05, 0.1) is 25.1 Å². The number of unbranched alkanes of at least 4 members (excludes halogenated alkanes) is 2. The molecular weight excluding hydrogens is 406 g/mol. The molecule has 0 aliphatic heterocycles. The van der Waals surface area contributed by atoms with Crippen LogP contribution in [0.1, 0.15) is 49.8 Å². The van der Waals surface area contributed by atoms with Gasteiger partial charge in [0, 0.05) is 10.9 Å². The van der Waals surface area contributed by atoms with Crippen LogP contribution in [0, 0.1) is 13.8 Å². The number of ether oxygens (including phenoxy) is 2. The standard InChI is InChI=1S/C25H31N3O2S/c1-5-7-8-13-30-23-12-10-20(15-24(23)29-6-2)16-26-28-25-27-22(17-31-25)21-11-9-18(3)19(4)14-21/h9-12,14-17H,5-8,13H2,1-4H3,(H,27,28)/b26-16-. The maximum atomic E-state index is 5.89. The zero-order valence-corrected chi connectivity index (χ0v) is 19.6. The molecule has 0 aliphatic carbocycles. The molecule has 2 aromatic carbocycles. The predicted octanol–water partition coefficient (Wildman–Crippen LogP) is 6.84. The monoisotopic (exact) mass is 437 g/mol. The molecule has 1 aromatic heterocycles. The highest BCUT2D eigenvalue weighted by Gasteiger charge is 2.07. The van der Waals surface area contributed by atoms with Crippen molar-refractivity contribution in [3.8, 4) is 22.8 Å². The molecule has 3 rings (SSSR count). The van der Waals surface area contributed by atoms with Crippen molar-refractivity contribution in [3.63, 3.8) is 0 Å². The quantitative estimate of drug-likeness (QED) is 0.203. The van der Waals surface area contributed by atoms with Crippen molar-refractivity contribution in [2.24, 2.45) is 5.10 Å². The van der Waals surface area contributed by atoms with Gasteiger partial charge < -0.3 is 9.47 Å². The van der Waals surface area contributed by atoms with Crippen LogP contribution in [0.15, 0.2) is 46.9 Å². The fraction of sp³-hybridized carbons (Fsp3) is 0.360. The minimum Gasteiger partial charge on any atom is -0.490 e. The van der Waals surface area contributed by atoms with Gasteiger partial charge in [-0.15, -0.1) is 11.3 Å². The van der Waals surface area contributed by atoms with E-state index in [0.717, 1.165) is 39.9 Å². The van der Waals surface area contributed by atoms with E-state index in [-0.39, 0.29) is 0 Å². The first-order chi connectivity index (χ1) is 15.1. The molecule has 1 N–H and O–H groups in total. The van der Waals surface area contributed by atoms with E-state index >= 15 is 0 Å². The van der Waals surface area contributed by atoms with E-state index in [9.17, 15) is 0 Å². The van der Waals surface area contributed by atoms with Crippen LogP contribution in [0.5, 0.6) is 11.5 Å². The number of rotatable bonds is 11. The van der Waals surface area contributed by atoms with Gasteiger partial charge >= 0.3 is 0 Å². The van der Waals surface area contributed by atoms with E-state index in [1.165, 1.54) is 35.3 Å². The molecule has 1 heterocycles. The predicted molar refractivity (Wildman–Crippen MR) is 131 cm³/mol. The summed E-state index contributed by atoms with van der Waals surface area (Å²) >= 11 is 1.54. The summed E-state index contributed by atoms with van der Waals surface area (Å²) in [7, 11) is 0. The maximum Gasteiger partial charge on any atom is 0.203 e. The van der Waals surface area contributed by atoms with Crippen LogP contribution >= 0.6 is 11.3 Å². The number of aryl methyl sites for hydroxylation is 2. The fourth-order valence-corrected chi connectivity index (χ4v) is 3.72. The second kappa shape index (κ2) is 11.5. The lowest BCUT2D eigenvalue weighted by atomic mass is 10.1. The zero-order valence-electron chi connectivity index (χ0n) is 18.8. The van der Waals surface area contributed by atoms with Crippen molar-refractivity contribution >= 4 is 22.7 Å². The van der Waals surface area contributed by atoms with Crippen LogP contribution in [0.25, 0.3) is 11.3 Å². The Kier molecular flexibility index (Phi) is 8.47. The van der Waals surface area contributed by atoms with Gasteiger partial charge in [-0.1, -0.05) is 31.9 Å². The van der Waals surface area contributed by atoms with Crippen LogP contribution in [0.2, 0.25) is 0 Å².